The molecule has 2 rings (SSSR count). The number of carboxylic acid groups (broad SMARTS) is 1. The number of urea groups is 1. The van der Waals surface area contributed by atoms with Crippen molar-refractivity contribution in [3.63, 3.8) is 0 Å². The van der Waals surface area contributed by atoms with Gasteiger partial charge in [0.25, 0.3) is 0 Å². The number of hydrogen-bond acceptors (Lipinski definition) is 4. The summed E-state index contributed by atoms with van der Waals surface area (Å²) < 4.78 is 13.7. The van der Waals surface area contributed by atoms with Crippen LogP contribution in [0.2, 0.25) is 0 Å². The Morgan fingerprint density at radius 3 is 2.28 bits per heavy atom. The van der Waals surface area contributed by atoms with E-state index in [4.69, 9.17) is 5.11 Å². The maximum absolute atomic E-state index is 13.7. The lowest BCUT2D eigenvalue weighted by atomic mass is 9.91. The zero-order valence-corrected chi connectivity index (χ0v) is 20.2. The van der Waals surface area contributed by atoms with Gasteiger partial charge in [-0.1, -0.05) is 33.8 Å². The van der Waals surface area contributed by atoms with Crippen LogP contribution in [0, 0.1) is 24.2 Å². The Kier molecular flexibility index (Phi) is 12.5. The molecule has 0 aliphatic carbocycles. The van der Waals surface area contributed by atoms with Crippen molar-refractivity contribution in [1.82, 2.24) is 15.1 Å². The van der Waals surface area contributed by atoms with Crippen molar-refractivity contribution >= 4 is 17.9 Å². The zero-order chi connectivity index (χ0) is 25.1. The van der Waals surface area contributed by atoms with Gasteiger partial charge in [-0.05, 0) is 51.8 Å². The van der Waals surface area contributed by atoms with Gasteiger partial charge >= 0.3 is 12.0 Å². The van der Waals surface area contributed by atoms with E-state index in [0.29, 0.717) is 31.8 Å². The predicted molar refractivity (Wildman–Crippen MR) is 124 cm³/mol. The van der Waals surface area contributed by atoms with Gasteiger partial charge in [0.2, 0.25) is 5.91 Å². The van der Waals surface area contributed by atoms with Gasteiger partial charge in [0.15, 0.2) is 0 Å². The fraction of sp³-hybridized carbons (Fsp3) is 0.625. The van der Waals surface area contributed by atoms with Crippen LogP contribution >= 0.6 is 0 Å². The van der Waals surface area contributed by atoms with Crippen LogP contribution in [0.25, 0.3) is 0 Å². The molecule has 2 aliphatic rings. The number of nitrogens with one attached hydrogen (secondary N) is 1. The van der Waals surface area contributed by atoms with E-state index in [9.17, 15) is 18.8 Å². The molecule has 2 N–H and O–H groups in total. The van der Waals surface area contributed by atoms with E-state index in [0.717, 1.165) is 17.7 Å². The number of carbonyl (C=O) groups excluding carboxylic acids is 2. The Morgan fingerprint density at radius 1 is 1.28 bits per heavy atom. The first-order chi connectivity index (χ1) is 15.1. The van der Waals surface area contributed by atoms with Gasteiger partial charge in [-0.15, -0.1) is 12.8 Å². The van der Waals surface area contributed by atoms with Crippen molar-refractivity contribution < 1.29 is 23.9 Å². The topological polar surface area (TPSA) is 90.0 Å². The lowest BCUT2D eigenvalue weighted by Gasteiger charge is -2.34. The van der Waals surface area contributed by atoms with Crippen molar-refractivity contribution in [3.05, 3.63) is 23.7 Å². The number of carbonyl (C=O) groups is 3. The molecule has 0 bridgehead atoms. The summed E-state index contributed by atoms with van der Waals surface area (Å²) in [5.74, 6) is -1.45. The van der Waals surface area contributed by atoms with Crippen molar-refractivity contribution in [2.75, 3.05) is 19.6 Å². The second kappa shape index (κ2) is 13.7. The molecule has 0 spiro atoms. The molecule has 0 aromatic heterocycles. The molecule has 1 unspecified atom stereocenters. The van der Waals surface area contributed by atoms with Gasteiger partial charge in [-0.3, -0.25) is 14.5 Å². The first-order valence-electron chi connectivity index (χ1n) is 11.0. The highest BCUT2D eigenvalue weighted by atomic mass is 19.1. The number of imide groups is 1. The zero-order valence-electron chi connectivity index (χ0n) is 20.2. The lowest BCUT2D eigenvalue weighted by Crippen LogP contribution is -2.47. The Balaban J connectivity index is 0.00000227. The Hall–Kier alpha value is -2.66. The molecule has 2 saturated heterocycles. The quantitative estimate of drug-likeness (QED) is 0.612. The molecule has 7 nitrogen and oxygen atoms in total. The smallest absolute Gasteiger partial charge is 0.328 e. The monoisotopic (exact) mass is 451 g/mol. The number of piperidine rings is 1. The molecule has 32 heavy (non-hydrogen) atoms. The largest absolute Gasteiger partial charge is 0.480 e. The highest BCUT2D eigenvalue weighted by Crippen LogP contribution is 2.38. The van der Waals surface area contributed by atoms with Crippen molar-refractivity contribution in [2.45, 2.75) is 66.8 Å². The summed E-state index contributed by atoms with van der Waals surface area (Å²) in [7, 11) is 0. The standard InChI is InChI=1S/C20H30FN3O4.C2H6.C2H2/c1-5-15(21)10-16-11-20(3,4)18(27)24(16)19(28)22-12-14-6-8-23(9-7-14)13(2)17(25)26;2*1-2/h5,10,13-14H,6-9,11-12H2,1-4H3,(H,22,28)(H,25,26);1-2H3;1-2H/b15-5+,16-10+;;. The maximum Gasteiger partial charge on any atom is 0.328 e. The molecule has 0 saturated carbocycles. The number of rotatable bonds is 5. The molecule has 0 radical (unpaired) electrons. The molecule has 8 heteroatoms. The molecular weight excluding hydrogens is 413 g/mol. The van der Waals surface area contributed by atoms with E-state index in [1.165, 1.54) is 12.2 Å². The van der Waals surface area contributed by atoms with Gasteiger partial charge in [-0.25, -0.2) is 14.1 Å². The number of hydrogen-bond donors (Lipinski definition) is 2. The molecule has 2 aliphatic heterocycles. The van der Waals surface area contributed by atoms with E-state index in [1.54, 1.807) is 27.7 Å². The van der Waals surface area contributed by atoms with E-state index in [2.05, 4.69) is 18.2 Å². The first-order valence-corrected chi connectivity index (χ1v) is 11.0. The van der Waals surface area contributed by atoms with Crippen LogP contribution in [0.3, 0.4) is 0 Å². The van der Waals surface area contributed by atoms with Gasteiger partial charge in [0, 0.05) is 18.7 Å². The minimum atomic E-state index is -0.838. The van der Waals surface area contributed by atoms with Crippen LogP contribution in [0.5, 0.6) is 0 Å². The summed E-state index contributed by atoms with van der Waals surface area (Å²) in [4.78, 5) is 39.3. The number of likely N-dealkylation sites (tertiary alicyclic amines) is 2. The van der Waals surface area contributed by atoms with Gasteiger partial charge in [0.05, 0.1) is 5.41 Å². The molecule has 2 fully saturated rings. The summed E-state index contributed by atoms with van der Waals surface area (Å²) in [5.41, 5.74) is -0.400. The number of nitrogens with zero attached hydrogens (tertiary/aromatic N) is 2. The summed E-state index contributed by atoms with van der Waals surface area (Å²) in [6.45, 7) is 12.4. The fourth-order valence-electron chi connectivity index (χ4n) is 3.63. The minimum Gasteiger partial charge on any atom is -0.480 e. The number of carboxylic acids is 1. The third kappa shape index (κ3) is 7.79. The van der Waals surface area contributed by atoms with Crippen LogP contribution in [0.1, 0.15) is 60.8 Å². The second-order valence-corrected chi connectivity index (χ2v) is 8.19. The summed E-state index contributed by atoms with van der Waals surface area (Å²) in [6.07, 6.45) is 12.4. The molecule has 180 valence electrons. The summed E-state index contributed by atoms with van der Waals surface area (Å²) >= 11 is 0. The van der Waals surface area contributed by atoms with Crippen LogP contribution in [0.4, 0.5) is 9.18 Å². The second-order valence-electron chi connectivity index (χ2n) is 8.19. The van der Waals surface area contributed by atoms with Crippen LogP contribution in [-0.2, 0) is 9.59 Å². The van der Waals surface area contributed by atoms with Crippen LogP contribution < -0.4 is 5.32 Å². The number of aliphatic carboxylic acids is 1. The average molecular weight is 452 g/mol. The Labute approximate surface area is 191 Å². The third-order valence-corrected chi connectivity index (χ3v) is 5.57. The van der Waals surface area contributed by atoms with Gasteiger partial charge < -0.3 is 10.4 Å². The molecule has 2 heterocycles. The molecule has 0 aromatic rings. The number of allylic oxidation sites excluding steroid dienone is 4. The average Bonchev–Trinajstić information content (AvgIpc) is 3.02. The van der Waals surface area contributed by atoms with E-state index >= 15 is 0 Å². The number of halogens is 1. The van der Waals surface area contributed by atoms with Gasteiger partial charge in [0.1, 0.15) is 11.9 Å². The van der Waals surface area contributed by atoms with Crippen molar-refractivity contribution in [3.8, 4) is 12.8 Å². The first kappa shape index (κ1) is 29.3. The van der Waals surface area contributed by atoms with Crippen molar-refractivity contribution in [1.29, 1.82) is 0 Å². The number of amides is 3. The third-order valence-electron chi connectivity index (χ3n) is 5.57. The minimum absolute atomic E-state index is 0.214. The summed E-state index contributed by atoms with van der Waals surface area (Å²) in [5, 5.41) is 11.9. The SMILES string of the molecule is C#C.C/C=C(F)\C=C1/CC(C)(C)C(=O)N1C(=O)NCC1CCN(C(C)C(=O)O)CC1.CC. The predicted octanol–water partition coefficient (Wildman–Crippen LogP) is 4.17. The maximum atomic E-state index is 13.7. The summed E-state index contributed by atoms with van der Waals surface area (Å²) in [6, 6.07) is -1.05. The number of terminal acetylenes is 1. The molecule has 0 aromatic carbocycles. The van der Waals surface area contributed by atoms with Crippen LogP contribution in [-0.4, -0.2) is 58.5 Å². The molecular formula is C24H38FN3O4. The Morgan fingerprint density at radius 2 is 1.81 bits per heavy atom. The highest BCUT2D eigenvalue weighted by molar-refractivity contribution is 6.01. The highest BCUT2D eigenvalue weighted by Gasteiger charge is 2.45. The van der Waals surface area contributed by atoms with E-state index < -0.39 is 29.3 Å². The lowest BCUT2D eigenvalue weighted by molar-refractivity contribution is -0.143. The normalized spacial score (nSPS) is 21.2. The molecule has 3 amide bonds. The van der Waals surface area contributed by atoms with Gasteiger partial charge in [-0.2, -0.15) is 0 Å². The molecule has 1 atom stereocenters. The van der Waals surface area contributed by atoms with Crippen LogP contribution in [0.15, 0.2) is 23.7 Å². The van der Waals surface area contributed by atoms with Crippen molar-refractivity contribution in [2.24, 2.45) is 11.3 Å². The van der Waals surface area contributed by atoms with E-state index in [1.807, 2.05) is 18.7 Å². The Bertz CT molecular complexity index is 735. The van der Waals surface area contributed by atoms with E-state index in [-0.39, 0.29) is 11.8 Å². The fourth-order valence-corrected chi connectivity index (χ4v) is 3.63.